The van der Waals surface area contributed by atoms with E-state index in [1.54, 1.807) is 6.92 Å². The van der Waals surface area contributed by atoms with Crippen LogP contribution in [0.4, 0.5) is 0 Å². The van der Waals surface area contributed by atoms with E-state index in [0.29, 0.717) is 6.54 Å². The van der Waals surface area contributed by atoms with Gasteiger partial charge in [0.15, 0.2) is 0 Å². The minimum atomic E-state index is -0.854. The molecule has 6 heteroatoms. The van der Waals surface area contributed by atoms with E-state index in [4.69, 9.17) is 11.6 Å². The first-order chi connectivity index (χ1) is 6.49. The summed E-state index contributed by atoms with van der Waals surface area (Å²) in [6.07, 6.45) is 1.18. The zero-order chi connectivity index (χ0) is 10.9. The molecule has 0 aliphatic heterocycles. The van der Waals surface area contributed by atoms with Crippen molar-refractivity contribution >= 4 is 16.8 Å². The van der Waals surface area contributed by atoms with Gasteiger partial charge < -0.3 is 0 Å². The van der Waals surface area contributed by atoms with Crippen LogP contribution in [0, 0.1) is 0 Å². The summed E-state index contributed by atoms with van der Waals surface area (Å²) >= 11 is 5.19. The molecule has 0 atom stereocenters. The number of hydrogen-bond acceptors (Lipinski definition) is 3. The number of aryl methyl sites for hydroxylation is 1. The number of carbonyl (C=O) groups is 1. The Bertz CT molecular complexity index is 486. The lowest BCUT2D eigenvalue weighted by Gasteiger charge is -2.05. The fourth-order valence-corrected chi connectivity index (χ4v) is 1.22. The van der Waals surface area contributed by atoms with Crippen molar-refractivity contribution in [1.82, 2.24) is 9.13 Å². The number of aromatic nitrogens is 2. The van der Waals surface area contributed by atoms with Crippen LogP contribution >= 0.6 is 11.6 Å². The van der Waals surface area contributed by atoms with Gasteiger partial charge in [-0.25, -0.2) is 4.79 Å². The van der Waals surface area contributed by atoms with E-state index in [1.165, 1.54) is 17.8 Å². The zero-order valence-corrected chi connectivity index (χ0v) is 8.54. The third-order valence-corrected chi connectivity index (χ3v) is 2.11. The quantitative estimate of drug-likeness (QED) is 0.651. The highest BCUT2D eigenvalue weighted by Crippen LogP contribution is 1.94. The van der Waals surface area contributed by atoms with Crippen molar-refractivity contribution in [2.75, 3.05) is 0 Å². The molecule has 0 N–H and O–H groups in total. The molecule has 0 amide bonds. The van der Waals surface area contributed by atoms with Gasteiger partial charge in [0.2, 0.25) is 0 Å². The van der Waals surface area contributed by atoms with Crippen LogP contribution in [-0.2, 0) is 13.6 Å². The molecule has 5 nitrogen and oxygen atoms in total. The van der Waals surface area contributed by atoms with Gasteiger partial charge in [-0.3, -0.25) is 18.7 Å². The normalized spacial score (nSPS) is 10.2. The summed E-state index contributed by atoms with van der Waals surface area (Å²) in [4.78, 5) is 33.5. The van der Waals surface area contributed by atoms with Crippen molar-refractivity contribution in [2.24, 2.45) is 7.05 Å². The van der Waals surface area contributed by atoms with Gasteiger partial charge in [-0.05, 0) is 18.5 Å². The Kier molecular flexibility index (Phi) is 2.90. The highest BCUT2D eigenvalue weighted by atomic mass is 35.5. The Morgan fingerprint density at radius 3 is 2.50 bits per heavy atom. The number of rotatable bonds is 2. The number of nitrogens with zero attached hydrogens (tertiary/aromatic N) is 2. The molecule has 0 radical (unpaired) electrons. The van der Waals surface area contributed by atoms with Gasteiger partial charge in [0.25, 0.3) is 10.8 Å². The van der Waals surface area contributed by atoms with Crippen LogP contribution in [0.3, 0.4) is 0 Å². The molecule has 0 aliphatic rings. The lowest BCUT2D eigenvalue weighted by atomic mass is 10.3. The molecule has 0 aromatic carbocycles. The maximum absolute atomic E-state index is 11.4. The van der Waals surface area contributed by atoms with Crippen LogP contribution in [0.25, 0.3) is 0 Å². The van der Waals surface area contributed by atoms with Crippen molar-refractivity contribution in [1.29, 1.82) is 0 Å². The first kappa shape index (κ1) is 10.7. The zero-order valence-electron chi connectivity index (χ0n) is 7.78. The van der Waals surface area contributed by atoms with Crippen LogP contribution in [0.5, 0.6) is 0 Å². The Balaban J connectivity index is 3.66. The van der Waals surface area contributed by atoms with E-state index in [1.807, 2.05) is 0 Å². The van der Waals surface area contributed by atoms with Gasteiger partial charge in [-0.2, -0.15) is 0 Å². The van der Waals surface area contributed by atoms with Crippen molar-refractivity contribution in [3.8, 4) is 0 Å². The molecule has 14 heavy (non-hydrogen) atoms. The van der Waals surface area contributed by atoms with Crippen molar-refractivity contribution in [3.05, 3.63) is 32.6 Å². The van der Waals surface area contributed by atoms with E-state index < -0.39 is 16.5 Å². The molecule has 76 valence electrons. The SMILES string of the molecule is CCn1cc(C(=O)Cl)c(=O)n(C)c1=O. The maximum Gasteiger partial charge on any atom is 0.330 e. The van der Waals surface area contributed by atoms with E-state index in [-0.39, 0.29) is 5.56 Å². The van der Waals surface area contributed by atoms with Crippen molar-refractivity contribution in [2.45, 2.75) is 13.5 Å². The van der Waals surface area contributed by atoms with Gasteiger partial charge >= 0.3 is 5.69 Å². The molecule has 0 fully saturated rings. The molecule has 0 spiro atoms. The maximum atomic E-state index is 11.4. The van der Waals surface area contributed by atoms with Crippen LogP contribution in [-0.4, -0.2) is 14.4 Å². The van der Waals surface area contributed by atoms with Crippen LogP contribution < -0.4 is 11.2 Å². The molecule has 0 bridgehead atoms. The Morgan fingerprint density at radius 1 is 1.50 bits per heavy atom. The topological polar surface area (TPSA) is 61.1 Å². The largest absolute Gasteiger partial charge is 0.330 e. The summed E-state index contributed by atoms with van der Waals surface area (Å²) in [5.74, 6) is 0. The summed E-state index contributed by atoms with van der Waals surface area (Å²) in [7, 11) is 1.31. The third-order valence-electron chi connectivity index (χ3n) is 1.91. The fourth-order valence-electron chi connectivity index (χ4n) is 1.09. The van der Waals surface area contributed by atoms with Gasteiger partial charge in [0, 0.05) is 19.8 Å². The van der Waals surface area contributed by atoms with Gasteiger partial charge in [0.1, 0.15) is 5.56 Å². The molecule has 0 unspecified atom stereocenters. The second kappa shape index (κ2) is 3.79. The predicted octanol–water partition coefficient (Wildman–Crippen LogP) is -0.0541. The van der Waals surface area contributed by atoms with Gasteiger partial charge in [-0.1, -0.05) is 0 Å². The summed E-state index contributed by atoms with van der Waals surface area (Å²) < 4.78 is 2.11. The lowest BCUT2D eigenvalue weighted by Crippen LogP contribution is -2.39. The average molecular weight is 217 g/mol. The number of hydrogen-bond donors (Lipinski definition) is 0. The minimum absolute atomic E-state index is 0.185. The number of halogens is 1. The molecule has 1 rings (SSSR count). The Hall–Kier alpha value is -1.36. The standard InChI is InChI=1S/C8H9ClN2O3/c1-3-11-4-5(6(9)12)7(13)10(2)8(11)14/h4H,3H2,1-2H3. The van der Waals surface area contributed by atoms with Gasteiger partial charge in [0.05, 0.1) is 0 Å². The lowest BCUT2D eigenvalue weighted by molar-refractivity contribution is 0.107. The Morgan fingerprint density at radius 2 is 2.07 bits per heavy atom. The third kappa shape index (κ3) is 1.63. The molecular weight excluding hydrogens is 208 g/mol. The predicted molar refractivity (Wildman–Crippen MR) is 51.8 cm³/mol. The molecule has 0 saturated heterocycles. The van der Waals surface area contributed by atoms with E-state index in [9.17, 15) is 14.4 Å². The molecule has 0 saturated carbocycles. The smallest absolute Gasteiger partial charge is 0.300 e. The second-order valence-corrected chi connectivity index (χ2v) is 3.09. The van der Waals surface area contributed by atoms with E-state index in [0.717, 1.165) is 4.57 Å². The summed E-state index contributed by atoms with van der Waals surface area (Å²) in [6, 6.07) is 0. The minimum Gasteiger partial charge on any atom is -0.300 e. The molecular formula is C8H9ClN2O3. The van der Waals surface area contributed by atoms with Crippen LogP contribution in [0.15, 0.2) is 15.8 Å². The average Bonchev–Trinajstić information content (AvgIpc) is 2.14. The van der Waals surface area contributed by atoms with Crippen molar-refractivity contribution in [3.63, 3.8) is 0 Å². The first-order valence-corrected chi connectivity index (χ1v) is 4.37. The Labute approximate surface area is 84.5 Å². The van der Waals surface area contributed by atoms with Crippen molar-refractivity contribution < 1.29 is 4.79 Å². The highest BCUT2D eigenvalue weighted by molar-refractivity contribution is 6.67. The molecule has 1 aromatic rings. The van der Waals surface area contributed by atoms with E-state index >= 15 is 0 Å². The van der Waals surface area contributed by atoms with Crippen LogP contribution in [0.2, 0.25) is 0 Å². The highest BCUT2D eigenvalue weighted by Gasteiger charge is 2.12. The van der Waals surface area contributed by atoms with E-state index in [2.05, 4.69) is 0 Å². The molecule has 1 aromatic heterocycles. The molecule has 1 heterocycles. The van der Waals surface area contributed by atoms with Gasteiger partial charge in [-0.15, -0.1) is 0 Å². The first-order valence-electron chi connectivity index (χ1n) is 3.99. The fraction of sp³-hybridized carbons (Fsp3) is 0.375. The number of carbonyl (C=O) groups excluding carboxylic acids is 1. The summed E-state index contributed by atoms with van der Waals surface area (Å²) in [5, 5.41) is -0.854. The summed E-state index contributed by atoms with van der Waals surface area (Å²) in [6.45, 7) is 2.11. The monoisotopic (exact) mass is 216 g/mol. The second-order valence-electron chi connectivity index (χ2n) is 2.75. The summed E-state index contributed by atoms with van der Waals surface area (Å²) in [5.41, 5.74) is -1.31. The molecule has 0 aliphatic carbocycles. The van der Waals surface area contributed by atoms with Crippen LogP contribution in [0.1, 0.15) is 17.3 Å².